The zero-order valence-corrected chi connectivity index (χ0v) is 19.2. The molecule has 170 valence electrons. The molecule has 8 heteroatoms. The van der Waals surface area contributed by atoms with Crippen LogP contribution in [0.25, 0.3) is 10.9 Å². The molecular formula is C24H30N4O4. The van der Waals surface area contributed by atoms with Crippen molar-refractivity contribution in [1.82, 2.24) is 14.4 Å². The molecule has 1 aliphatic rings. The van der Waals surface area contributed by atoms with Crippen LogP contribution in [0.4, 0.5) is 0 Å². The minimum Gasteiger partial charge on any atom is -0.496 e. The zero-order valence-electron chi connectivity index (χ0n) is 19.2. The van der Waals surface area contributed by atoms with Crippen molar-refractivity contribution in [1.29, 1.82) is 5.26 Å². The van der Waals surface area contributed by atoms with Gasteiger partial charge in [0.15, 0.2) is 0 Å². The van der Waals surface area contributed by atoms with Crippen molar-refractivity contribution >= 4 is 29.0 Å². The van der Waals surface area contributed by atoms with Gasteiger partial charge in [-0.2, -0.15) is 5.26 Å². The number of nitriles is 1. The number of ether oxygens (including phenoxy) is 1. The van der Waals surface area contributed by atoms with Crippen molar-refractivity contribution in [3.63, 3.8) is 0 Å². The second kappa shape index (κ2) is 9.43. The Balaban J connectivity index is 1.95. The maximum Gasteiger partial charge on any atom is 0.270 e. The summed E-state index contributed by atoms with van der Waals surface area (Å²) in [6, 6.07) is 8.13. The lowest BCUT2D eigenvalue weighted by Gasteiger charge is -2.33. The monoisotopic (exact) mass is 438 g/mol. The summed E-state index contributed by atoms with van der Waals surface area (Å²) in [6.07, 6.45) is 1.59. The van der Waals surface area contributed by atoms with Gasteiger partial charge in [0.05, 0.1) is 18.7 Å². The summed E-state index contributed by atoms with van der Waals surface area (Å²) in [7, 11) is 5.01. The molecule has 1 aromatic heterocycles. The Hall–Kier alpha value is -3.34. The van der Waals surface area contributed by atoms with Crippen LogP contribution in [0.1, 0.15) is 37.2 Å². The van der Waals surface area contributed by atoms with E-state index in [9.17, 15) is 19.6 Å². The normalized spacial score (nSPS) is 19.1. The molecule has 0 aliphatic carbocycles. The minimum absolute atomic E-state index is 0.150. The van der Waals surface area contributed by atoms with E-state index in [-0.39, 0.29) is 30.2 Å². The number of hydrogen-bond acceptors (Lipinski definition) is 5. The number of carbonyl (C=O) groups is 3. The van der Waals surface area contributed by atoms with Crippen molar-refractivity contribution in [2.45, 2.75) is 38.8 Å². The van der Waals surface area contributed by atoms with Crippen LogP contribution >= 0.6 is 0 Å². The Morgan fingerprint density at radius 3 is 2.69 bits per heavy atom. The van der Waals surface area contributed by atoms with Crippen molar-refractivity contribution in [2.24, 2.45) is 18.9 Å². The number of hydrogen-bond donors (Lipinski definition) is 0. The van der Waals surface area contributed by atoms with Gasteiger partial charge in [-0.1, -0.05) is 19.9 Å². The SMILES string of the molecule is COc1cccc2c1cc(C(=O)N(C)C(CC(C)C)C(=O)N1CC(C=O)CC1C#N)n2C. The summed E-state index contributed by atoms with van der Waals surface area (Å²) in [5.41, 5.74) is 1.29. The molecule has 1 aromatic carbocycles. The quantitative estimate of drug-likeness (QED) is 0.619. The fraction of sp³-hybridized carbons (Fsp3) is 0.500. The van der Waals surface area contributed by atoms with Gasteiger partial charge in [0.1, 0.15) is 29.8 Å². The molecule has 2 heterocycles. The van der Waals surface area contributed by atoms with E-state index in [1.807, 2.05) is 39.1 Å². The molecule has 1 fully saturated rings. The molecule has 8 nitrogen and oxygen atoms in total. The van der Waals surface area contributed by atoms with Crippen LogP contribution < -0.4 is 4.74 Å². The number of methoxy groups -OCH3 is 1. The van der Waals surface area contributed by atoms with Crippen LogP contribution in [0.2, 0.25) is 0 Å². The average molecular weight is 439 g/mol. The fourth-order valence-electron chi connectivity index (χ4n) is 4.43. The predicted molar refractivity (Wildman–Crippen MR) is 120 cm³/mol. The van der Waals surface area contributed by atoms with E-state index < -0.39 is 12.1 Å². The lowest BCUT2D eigenvalue weighted by Crippen LogP contribution is -2.51. The van der Waals surface area contributed by atoms with E-state index in [1.165, 1.54) is 9.80 Å². The van der Waals surface area contributed by atoms with Crippen LogP contribution in [0.3, 0.4) is 0 Å². The summed E-state index contributed by atoms with van der Waals surface area (Å²) in [4.78, 5) is 41.2. The first-order valence-corrected chi connectivity index (χ1v) is 10.8. The summed E-state index contributed by atoms with van der Waals surface area (Å²) in [6.45, 7) is 4.18. The van der Waals surface area contributed by atoms with Gasteiger partial charge in [0, 0.05) is 31.9 Å². The van der Waals surface area contributed by atoms with Crippen molar-refractivity contribution in [3.8, 4) is 11.8 Å². The number of rotatable bonds is 7. The second-order valence-electron chi connectivity index (χ2n) is 8.81. The molecule has 1 saturated heterocycles. The fourth-order valence-corrected chi connectivity index (χ4v) is 4.43. The number of likely N-dealkylation sites (N-methyl/N-ethyl adjacent to an activating group) is 1. The van der Waals surface area contributed by atoms with Crippen LogP contribution in [-0.2, 0) is 16.6 Å². The average Bonchev–Trinajstić information content (AvgIpc) is 3.37. The van der Waals surface area contributed by atoms with E-state index in [4.69, 9.17) is 4.74 Å². The predicted octanol–water partition coefficient (Wildman–Crippen LogP) is 2.61. The van der Waals surface area contributed by atoms with E-state index in [0.29, 0.717) is 24.3 Å². The summed E-state index contributed by atoms with van der Waals surface area (Å²) in [5, 5.41) is 10.3. The van der Waals surface area contributed by atoms with E-state index in [0.717, 1.165) is 17.2 Å². The highest BCUT2D eigenvalue weighted by molar-refractivity contribution is 6.02. The van der Waals surface area contributed by atoms with Crippen LogP contribution in [0, 0.1) is 23.2 Å². The number of aromatic nitrogens is 1. The minimum atomic E-state index is -0.733. The summed E-state index contributed by atoms with van der Waals surface area (Å²) < 4.78 is 7.22. The van der Waals surface area contributed by atoms with E-state index in [1.54, 1.807) is 24.8 Å². The third-order valence-corrected chi connectivity index (χ3v) is 6.21. The maximum absolute atomic E-state index is 13.5. The molecule has 3 rings (SSSR count). The van der Waals surface area contributed by atoms with Gasteiger partial charge in [-0.05, 0) is 37.0 Å². The number of aryl methyl sites for hydroxylation is 1. The summed E-state index contributed by atoms with van der Waals surface area (Å²) >= 11 is 0. The van der Waals surface area contributed by atoms with Gasteiger partial charge in [0.25, 0.3) is 5.91 Å². The van der Waals surface area contributed by atoms with Gasteiger partial charge >= 0.3 is 0 Å². The Morgan fingerprint density at radius 2 is 2.09 bits per heavy atom. The first-order chi connectivity index (χ1) is 15.2. The summed E-state index contributed by atoms with van der Waals surface area (Å²) in [5.74, 6) is -0.110. The maximum atomic E-state index is 13.5. The number of likely N-dealkylation sites (tertiary alicyclic amines) is 1. The Kier molecular flexibility index (Phi) is 6.87. The molecule has 2 aromatic rings. The number of aldehydes is 1. The standard InChI is InChI=1S/C24H30N4O4/c1-15(2)9-20(24(31)28-13-16(14-29)10-17(28)12-25)27(4)23(30)21-11-18-19(26(21)3)7-6-8-22(18)32-5/h6-8,11,14-17,20H,9-10,13H2,1-5H3. The number of benzene rings is 1. The molecular weight excluding hydrogens is 408 g/mol. The van der Waals surface area contributed by atoms with Gasteiger partial charge < -0.3 is 23.9 Å². The second-order valence-corrected chi connectivity index (χ2v) is 8.81. The number of fused-ring (bicyclic) bond motifs is 1. The molecule has 0 bridgehead atoms. The molecule has 0 N–H and O–H groups in total. The number of amides is 2. The smallest absolute Gasteiger partial charge is 0.270 e. The lowest BCUT2D eigenvalue weighted by atomic mass is 10.0. The van der Waals surface area contributed by atoms with Crippen LogP contribution in [0.15, 0.2) is 24.3 Å². The molecule has 0 spiro atoms. The molecule has 2 amide bonds. The van der Waals surface area contributed by atoms with Crippen molar-refractivity contribution < 1.29 is 19.1 Å². The highest BCUT2D eigenvalue weighted by atomic mass is 16.5. The van der Waals surface area contributed by atoms with Gasteiger partial charge in [-0.3, -0.25) is 9.59 Å². The van der Waals surface area contributed by atoms with Crippen molar-refractivity contribution in [3.05, 3.63) is 30.0 Å². The van der Waals surface area contributed by atoms with Crippen LogP contribution in [-0.4, -0.2) is 65.3 Å². The van der Waals surface area contributed by atoms with Gasteiger partial charge in [0.2, 0.25) is 5.91 Å². The first kappa shape index (κ1) is 23.3. The first-order valence-electron chi connectivity index (χ1n) is 10.8. The van der Waals surface area contributed by atoms with E-state index in [2.05, 4.69) is 6.07 Å². The third kappa shape index (κ3) is 4.20. The molecule has 3 atom stereocenters. The van der Waals surface area contributed by atoms with Gasteiger partial charge in [-0.15, -0.1) is 0 Å². The molecule has 0 radical (unpaired) electrons. The van der Waals surface area contributed by atoms with Crippen LogP contribution in [0.5, 0.6) is 5.75 Å². The van der Waals surface area contributed by atoms with Crippen molar-refractivity contribution in [2.75, 3.05) is 20.7 Å². The largest absolute Gasteiger partial charge is 0.496 e. The van der Waals surface area contributed by atoms with E-state index >= 15 is 0 Å². The highest BCUT2D eigenvalue weighted by Crippen LogP contribution is 2.30. The molecule has 3 unspecified atom stereocenters. The lowest BCUT2D eigenvalue weighted by molar-refractivity contribution is -0.136. The number of carbonyl (C=O) groups excluding carboxylic acids is 3. The zero-order chi connectivity index (χ0) is 23.6. The highest BCUT2D eigenvalue weighted by Gasteiger charge is 2.40. The number of nitrogens with zero attached hydrogens (tertiary/aromatic N) is 4. The Morgan fingerprint density at radius 1 is 1.38 bits per heavy atom. The topological polar surface area (TPSA) is 95.6 Å². The third-order valence-electron chi connectivity index (χ3n) is 6.21. The van der Waals surface area contributed by atoms with Gasteiger partial charge in [-0.25, -0.2) is 0 Å². The molecule has 0 saturated carbocycles. The molecule has 32 heavy (non-hydrogen) atoms. The molecule has 1 aliphatic heterocycles. The Labute approximate surface area is 188 Å². The Bertz CT molecular complexity index is 1070.